The molecule has 0 unspecified atom stereocenters. The molecule has 0 bridgehead atoms. The normalized spacial score (nSPS) is 14.1. The van der Waals surface area contributed by atoms with Crippen LogP contribution in [0.25, 0.3) is 44.5 Å². The van der Waals surface area contributed by atoms with Gasteiger partial charge in [-0.3, -0.25) is 9.67 Å². The molecule has 0 radical (unpaired) electrons. The lowest BCUT2D eigenvalue weighted by atomic mass is 9.90. The van der Waals surface area contributed by atoms with Crippen molar-refractivity contribution >= 4 is 17.1 Å². The number of carbonyl (C=O) groups excluding carboxylic acids is 1. The molecule has 0 saturated carbocycles. The van der Waals surface area contributed by atoms with E-state index in [2.05, 4.69) is 22.1 Å². The van der Waals surface area contributed by atoms with E-state index >= 15 is 0 Å². The molecule has 0 aliphatic carbocycles. The topological polar surface area (TPSA) is 85.2 Å². The summed E-state index contributed by atoms with van der Waals surface area (Å²) < 4.78 is 35.2. The molecule has 8 nitrogen and oxygen atoms in total. The molecule has 46 heavy (non-hydrogen) atoms. The van der Waals surface area contributed by atoms with Gasteiger partial charge >= 0.3 is 6.09 Å². The van der Waals surface area contributed by atoms with Crippen LogP contribution in [0.5, 0.6) is 0 Å². The Labute approximate surface area is 267 Å². The van der Waals surface area contributed by atoms with Crippen molar-refractivity contribution in [2.75, 3.05) is 26.2 Å². The fraction of sp³-hybridized carbons (Fsp3) is 0.333. The van der Waals surface area contributed by atoms with Crippen LogP contribution >= 0.6 is 0 Å². The van der Waals surface area contributed by atoms with Crippen molar-refractivity contribution in [2.24, 2.45) is 0 Å². The van der Waals surface area contributed by atoms with Crippen LogP contribution in [0.1, 0.15) is 39.0 Å². The molecule has 0 atom stereocenters. The third-order valence-corrected chi connectivity index (χ3v) is 8.44. The minimum Gasteiger partial charge on any atom is -0.450 e. The van der Waals surface area contributed by atoms with Gasteiger partial charge in [-0.05, 0) is 91.9 Å². The number of aromatic nitrogens is 4. The number of aryl methyl sites for hydroxylation is 1. The summed E-state index contributed by atoms with van der Waals surface area (Å²) in [6.45, 7) is 5.95. The fourth-order valence-electron chi connectivity index (χ4n) is 6.01. The Balaban J connectivity index is 1.24. The van der Waals surface area contributed by atoms with E-state index in [0.717, 1.165) is 84.9 Å². The summed E-state index contributed by atoms with van der Waals surface area (Å²) in [5, 5.41) is 8.73. The van der Waals surface area contributed by atoms with Crippen LogP contribution in [0.2, 0.25) is 0 Å². The summed E-state index contributed by atoms with van der Waals surface area (Å²) in [5.74, 6) is -0.649. The average molecular weight is 625 g/mol. The number of hydrogen-bond donors (Lipinski definition) is 1. The van der Waals surface area contributed by atoms with Gasteiger partial charge in [0.25, 0.3) is 0 Å². The maximum Gasteiger partial charge on any atom is 0.407 e. The largest absolute Gasteiger partial charge is 0.450 e. The molecule has 1 aliphatic heterocycles. The van der Waals surface area contributed by atoms with Crippen LogP contribution in [0, 0.1) is 11.6 Å². The number of benzene rings is 2. The highest BCUT2D eigenvalue weighted by Gasteiger charge is 2.23. The molecule has 1 fully saturated rings. The molecule has 1 aliphatic rings. The predicted molar refractivity (Wildman–Crippen MR) is 175 cm³/mol. The molecule has 1 N–H and O–H groups in total. The summed E-state index contributed by atoms with van der Waals surface area (Å²) in [6.07, 6.45) is 9.69. The highest BCUT2D eigenvalue weighted by Crippen LogP contribution is 2.43. The second kappa shape index (κ2) is 14.6. The van der Waals surface area contributed by atoms with Gasteiger partial charge < -0.3 is 15.0 Å². The van der Waals surface area contributed by atoms with E-state index in [1.807, 2.05) is 23.0 Å². The lowest BCUT2D eigenvalue weighted by Crippen LogP contribution is -2.45. The molecule has 1 saturated heterocycles. The van der Waals surface area contributed by atoms with E-state index in [-0.39, 0.29) is 23.8 Å². The van der Waals surface area contributed by atoms with Gasteiger partial charge in [0.2, 0.25) is 0 Å². The Hall–Kier alpha value is -4.70. The first-order valence-corrected chi connectivity index (χ1v) is 16.0. The highest BCUT2D eigenvalue weighted by molar-refractivity contribution is 6.05. The molecule has 3 aromatic heterocycles. The van der Waals surface area contributed by atoms with Crippen molar-refractivity contribution < 1.29 is 18.3 Å². The first-order chi connectivity index (χ1) is 22.5. The highest BCUT2D eigenvalue weighted by atomic mass is 19.1. The zero-order chi connectivity index (χ0) is 31.9. The molecule has 1 amide bonds. The van der Waals surface area contributed by atoms with Gasteiger partial charge in [0.1, 0.15) is 11.6 Å². The van der Waals surface area contributed by atoms with Crippen molar-refractivity contribution in [1.82, 2.24) is 30.0 Å². The summed E-state index contributed by atoms with van der Waals surface area (Å²) in [7, 11) is 0. The number of likely N-dealkylation sites (tertiary alicyclic amines) is 1. The Bertz CT molecular complexity index is 1750. The summed E-state index contributed by atoms with van der Waals surface area (Å²) >= 11 is 0. The van der Waals surface area contributed by atoms with Crippen LogP contribution < -0.4 is 5.32 Å². The van der Waals surface area contributed by atoms with Gasteiger partial charge in [-0.1, -0.05) is 25.5 Å². The predicted octanol–water partition coefficient (Wildman–Crippen LogP) is 7.49. The number of fused-ring (bicyclic) bond motifs is 1. The lowest BCUT2D eigenvalue weighted by molar-refractivity contribution is 0.130. The number of ether oxygens (including phenoxy) is 1. The number of unbranched alkanes of at least 4 members (excludes halogenated alkanes) is 1. The lowest BCUT2D eigenvalue weighted by Gasteiger charge is -2.32. The number of carbonyl (C=O) groups is 1. The van der Waals surface area contributed by atoms with Gasteiger partial charge in [-0.2, -0.15) is 5.10 Å². The van der Waals surface area contributed by atoms with Crippen molar-refractivity contribution in [1.29, 1.82) is 0 Å². The molecule has 6 rings (SSSR count). The number of nitrogens with one attached hydrogen (secondary N) is 1. The molecular formula is C36H38F2N6O2. The number of nitrogens with zero attached hydrogens (tertiary/aromatic N) is 5. The summed E-state index contributed by atoms with van der Waals surface area (Å²) in [4.78, 5) is 23.7. The number of piperidine rings is 1. The quantitative estimate of drug-likeness (QED) is 0.153. The molecule has 5 aromatic rings. The standard InChI is InChI=1S/C36H38F2N6O2/c1-2-3-23-46-36(45)40-30-15-21-43(22-16-30)19-4-20-44-24-31-32(25-5-9-28(37)10-6-25)33(26-13-17-39-18-14-26)34(41-35(31)42-44)27-7-11-29(38)12-8-27/h5-14,17-18,24,30H,2-4,15-16,19-23H2,1H3,(H,40,45). The van der Waals surface area contributed by atoms with E-state index in [0.29, 0.717) is 24.5 Å². The minimum absolute atomic E-state index is 0.141. The minimum atomic E-state index is -0.330. The van der Waals surface area contributed by atoms with E-state index in [4.69, 9.17) is 14.8 Å². The smallest absolute Gasteiger partial charge is 0.407 e. The maximum atomic E-state index is 14.1. The second-order valence-corrected chi connectivity index (χ2v) is 11.7. The summed E-state index contributed by atoms with van der Waals surface area (Å²) in [6, 6.07) is 16.7. The number of alkyl carbamates (subject to hydrolysis) is 1. The number of halogens is 2. The molecule has 10 heteroatoms. The van der Waals surface area contributed by atoms with Gasteiger partial charge in [-0.25, -0.2) is 18.6 Å². The summed E-state index contributed by atoms with van der Waals surface area (Å²) in [5.41, 5.74) is 5.42. The second-order valence-electron chi connectivity index (χ2n) is 11.7. The average Bonchev–Trinajstić information content (AvgIpc) is 3.48. The van der Waals surface area contributed by atoms with Crippen molar-refractivity contribution in [3.05, 3.63) is 90.9 Å². The van der Waals surface area contributed by atoms with Crippen molar-refractivity contribution in [3.63, 3.8) is 0 Å². The Kier molecular flexibility index (Phi) is 9.93. The van der Waals surface area contributed by atoms with E-state index in [1.54, 1.807) is 36.7 Å². The molecule has 2 aromatic carbocycles. The molecular weight excluding hydrogens is 586 g/mol. The zero-order valence-corrected chi connectivity index (χ0v) is 26.0. The van der Waals surface area contributed by atoms with Crippen LogP contribution in [-0.4, -0.2) is 63.0 Å². The van der Waals surface area contributed by atoms with Crippen molar-refractivity contribution in [2.45, 2.75) is 51.6 Å². The van der Waals surface area contributed by atoms with Gasteiger partial charge in [0.05, 0.1) is 12.3 Å². The van der Waals surface area contributed by atoms with Crippen LogP contribution in [0.15, 0.2) is 79.3 Å². The number of rotatable bonds is 11. The maximum absolute atomic E-state index is 14.1. The van der Waals surface area contributed by atoms with Crippen molar-refractivity contribution in [3.8, 4) is 33.5 Å². The van der Waals surface area contributed by atoms with Crippen LogP contribution in [0.4, 0.5) is 13.6 Å². The molecule has 0 spiro atoms. The Morgan fingerprint density at radius 1 is 0.870 bits per heavy atom. The number of hydrogen-bond acceptors (Lipinski definition) is 6. The van der Waals surface area contributed by atoms with Crippen LogP contribution in [-0.2, 0) is 11.3 Å². The molecule has 4 heterocycles. The van der Waals surface area contributed by atoms with Gasteiger partial charge in [-0.15, -0.1) is 0 Å². The molecule has 238 valence electrons. The van der Waals surface area contributed by atoms with E-state index in [1.165, 1.54) is 24.3 Å². The fourth-order valence-corrected chi connectivity index (χ4v) is 6.01. The van der Waals surface area contributed by atoms with Gasteiger partial charge in [0.15, 0.2) is 5.65 Å². The Morgan fingerprint density at radius 3 is 2.20 bits per heavy atom. The monoisotopic (exact) mass is 624 g/mol. The van der Waals surface area contributed by atoms with E-state index in [9.17, 15) is 13.6 Å². The third-order valence-electron chi connectivity index (χ3n) is 8.44. The first-order valence-electron chi connectivity index (χ1n) is 16.0. The third kappa shape index (κ3) is 7.39. The zero-order valence-electron chi connectivity index (χ0n) is 26.0. The number of pyridine rings is 2. The van der Waals surface area contributed by atoms with Gasteiger partial charge in [0, 0.05) is 66.3 Å². The van der Waals surface area contributed by atoms with E-state index < -0.39 is 0 Å². The SMILES string of the molecule is CCCCOC(=O)NC1CCN(CCCn2cc3c(-c4ccc(F)cc4)c(-c4ccncc4)c(-c4ccc(F)cc4)nc3n2)CC1. The Morgan fingerprint density at radius 2 is 1.52 bits per heavy atom. The first kappa shape index (κ1) is 31.3. The number of amides is 1. The van der Waals surface area contributed by atoms with Crippen LogP contribution in [0.3, 0.4) is 0 Å².